The highest BCUT2D eigenvalue weighted by molar-refractivity contribution is 4.98. The lowest BCUT2D eigenvalue weighted by molar-refractivity contribution is 0.249. The normalized spacial score (nSPS) is 38.8. The molecular weight excluding hydrogens is 124 g/mol. The van der Waals surface area contributed by atoms with Gasteiger partial charge in [0.15, 0.2) is 0 Å². The molecule has 10 heavy (non-hydrogen) atoms. The number of nitrogens with zero attached hydrogens (tertiary/aromatic N) is 1. The van der Waals surface area contributed by atoms with Crippen molar-refractivity contribution in [1.29, 1.82) is 0 Å². The molecular formula is C8H14N2. The third-order valence-electron chi connectivity index (χ3n) is 2.53. The van der Waals surface area contributed by atoms with Gasteiger partial charge in [0.25, 0.3) is 0 Å². The topological polar surface area (TPSA) is 15.3 Å². The molecule has 2 heterocycles. The van der Waals surface area contributed by atoms with E-state index in [4.69, 9.17) is 0 Å². The van der Waals surface area contributed by atoms with Gasteiger partial charge in [-0.05, 0) is 6.42 Å². The summed E-state index contributed by atoms with van der Waals surface area (Å²) in [7, 11) is 0. The highest BCUT2D eigenvalue weighted by Crippen LogP contribution is 2.22. The van der Waals surface area contributed by atoms with Gasteiger partial charge in [-0.15, -0.1) is 6.58 Å². The fraction of sp³-hybridized carbons (Fsp3) is 0.750. The van der Waals surface area contributed by atoms with Crippen LogP contribution in [0.1, 0.15) is 6.42 Å². The molecule has 0 radical (unpaired) electrons. The Balaban J connectivity index is 1.95. The lowest BCUT2D eigenvalue weighted by atomic mass is 10.2. The van der Waals surface area contributed by atoms with Crippen molar-refractivity contribution >= 4 is 0 Å². The molecule has 0 saturated carbocycles. The van der Waals surface area contributed by atoms with Crippen LogP contribution >= 0.6 is 0 Å². The molecule has 2 bridgehead atoms. The maximum absolute atomic E-state index is 3.75. The number of hydrogen-bond acceptors (Lipinski definition) is 2. The molecule has 2 fully saturated rings. The van der Waals surface area contributed by atoms with Crippen LogP contribution in [0, 0.1) is 0 Å². The van der Waals surface area contributed by atoms with Gasteiger partial charge in [-0.1, -0.05) is 6.08 Å². The van der Waals surface area contributed by atoms with Crippen LogP contribution in [0.2, 0.25) is 0 Å². The molecule has 2 rings (SSSR count). The smallest absolute Gasteiger partial charge is 0.0239 e. The molecule has 56 valence electrons. The van der Waals surface area contributed by atoms with Gasteiger partial charge in [0, 0.05) is 31.7 Å². The molecule has 2 nitrogen and oxygen atoms in total. The fourth-order valence-electron chi connectivity index (χ4n) is 2.04. The molecule has 2 aliphatic rings. The second-order valence-corrected chi connectivity index (χ2v) is 3.24. The SMILES string of the molecule is C=CCN1CC2CC1CN2. The zero-order chi connectivity index (χ0) is 6.97. The quantitative estimate of drug-likeness (QED) is 0.549. The molecule has 0 aliphatic carbocycles. The van der Waals surface area contributed by atoms with Crippen molar-refractivity contribution in [3.8, 4) is 0 Å². The van der Waals surface area contributed by atoms with Gasteiger partial charge in [0.2, 0.25) is 0 Å². The summed E-state index contributed by atoms with van der Waals surface area (Å²) in [5, 5.41) is 3.47. The van der Waals surface area contributed by atoms with Crippen LogP contribution in [0.25, 0.3) is 0 Å². The zero-order valence-corrected chi connectivity index (χ0v) is 6.21. The Bertz CT molecular complexity index is 144. The van der Waals surface area contributed by atoms with Gasteiger partial charge in [-0.25, -0.2) is 0 Å². The highest BCUT2D eigenvalue weighted by Gasteiger charge is 2.36. The lowest BCUT2D eigenvalue weighted by Gasteiger charge is -2.25. The zero-order valence-electron chi connectivity index (χ0n) is 6.21. The van der Waals surface area contributed by atoms with Gasteiger partial charge in [-0.2, -0.15) is 0 Å². The summed E-state index contributed by atoms with van der Waals surface area (Å²) in [6.45, 7) is 7.24. The van der Waals surface area contributed by atoms with E-state index in [-0.39, 0.29) is 0 Å². The number of fused-ring (bicyclic) bond motifs is 2. The third-order valence-corrected chi connectivity index (χ3v) is 2.53. The summed E-state index contributed by atoms with van der Waals surface area (Å²) in [5.41, 5.74) is 0. The summed E-state index contributed by atoms with van der Waals surface area (Å²) >= 11 is 0. The predicted octanol–water partition coefficient (Wildman–Crippen LogP) is 0.218. The first-order chi connectivity index (χ1) is 4.90. The van der Waals surface area contributed by atoms with E-state index in [1.807, 2.05) is 6.08 Å². The first-order valence-corrected chi connectivity index (χ1v) is 3.98. The van der Waals surface area contributed by atoms with E-state index >= 15 is 0 Å². The Hall–Kier alpha value is -0.340. The minimum Gasteiger partial charge on any atom is -0.311 e. The first kappa shape index (κ1) is 6.38. The Kier molecular flexibility index (Phi) is 1.51. The van der Waals surface area contributed by atoms with Crippen molar-refractivity contribution in [2.75, 3.05) is 19.6 Å². The van der Waals surface area contributed by atoms with Gasteiger partial charge in [-0.3, -0.25) is 4.90 Å². The lowest BCUT2D eigenvalue weighted by Crippen LogP contribution is -2.43. The van der Waals surface area contributed by atoms with Gasteiger partial charge < -0.3 is 5.32 Å². The molecule has 2 atom stereocenters. The number of piperazine rings is 1. The van der Waals surface area contributed by atoms with E-state index in [2.05, 4.69) is 16.8 Å². The molecule has 2 saturated heterocycles. The summed E-state index contributed by atoms with van der Waals surface area (Å²) < 4.78 is 0. The third kappa shape index (κ3) is 0.879. The van der Waals surface area contributed by atoms with Gasteiger partial charge >= 0.3 is 0 Å². The number of nitrogens with one attached hydrogen (secondary N) is 1. The van der Waals surface area contributed by atoms with Crippen molar-refractivity contribution in [2.45, 2.75) is 18.5 Å². The highest BCUT2D eigenvalue weighted by atomic mass is 15.3. The van der Waals surface area contributed by atoms with Crippen molar-refractivity contribution in [1.82, 2.24) is 10.2 Å². The summed E-state index contributed by atoms with van der Waals surface area (Å²) in [6, 6.07) is 1.59. The molecule has 2 unspecified atom stereocenters. The van der Waals surface area contributed by atoms with Crippen LogP contribution in [0.3, 0.4) is 0 Å². The van der Waals surface area contributed by atoms with E-state index < -0.39 is 0 Å². The second kappa shape index (κ2) is 2.36. The summed E-state index contributed by atoms with van der Waals surface area (Å²) in [4.78, 5) is 2.51. The van der Waals surface area contributed by atoms with Crippen molar-refractivity contribution in [2.24, 2.45) is 0 Å². The van der Waals surface area contributed by atoms with E-state index in [9.17, 15) is 0 Å². The molecule has 0 spiro atoms. The Labute approximate surface area is 61.9 Å². The Morgan fingerprint density at radius 2 is 2.60 bits per heavy atom. The molecule has 2 heteroatoms. The molecule has 0 aromatic carbocycles. The van der Waals surface area contributed by atoms with E-state index in [0.717, 1.165) is 18.6 Å². The van der Waals surface area contributed by atoms with Crippen molar-refractivity contribution in [3.05, 3.63) is 12.7 Å². The van der Waals surface area contributed by atoms with Crippen LogP contribution in [-0.4, -0.2) is 36.6 Å². The molecule has 0 amide bonds. The molecule has 2 aliphatic heterocycles. The number of hydrogen-bond donors (Lipinski definition) is 1. The van der Waals surface area contributed by atoms with Crippen LogP contribution in [0.4, 0.5) is 0 Å². The first-order valence-electron chi connectivity index (χ1n) is 3.98. The van der Waals surface area contributed by atoms with Crippen LogP contribution < -0.4 is 5.32 Å². The monoisotopic (exact) mass is 138 g/mol. The van der Waals surface area contributed by atoms with Crippen molar-refractivity contribution < 1.29 is 0 Å². The maximum atomic E-state index is 3.75. The Morgan fingerprint density at radius 1 is 1.70 bits per heavy atom. The Morgan fingerprint density at radius 3 is 3.10 bits per heavy atom. The predicted molar refractivity (Wildman–Crippen MR) is 42.0 cm³/mol. The molecule has 1 N–H and O–H groups in total. The number of rotatable bonds is 2. The largest absolute Gasteiger partial charge is 0.311 e. The number of likely N-dealkylation sites (tertiary alicyclic amines) is 1. The van der Waals surface area contributed by atoms with Gasteiger partial charge in [0.1, 0.15) is 0 Å². The maximum Gasteiger partial charge on any atom is 0.0239 e. The van der Waals surface area contributed by atoms with E-state index in [0.29, 0.717) is 0 Å². The molecule has 0 aromatic heterocycles. The molecule has 0 aromatic rings. The fourth-order valence-corrected chi connectivity index (χ4v) is 2.04. The van der Waals surface area contributed by atoms with Crippen LogP contribution in [0.15, 0.2) is 12.7 Å². The minimum absolute atomic E-state index is 0.782. The minimum atomic E-state index is 0.782. The van der Waals surface area contributed by atoms with Gasteiger partial charge in [0.05, 0.1) is 0 Å². The standard InChI is InChI=1S/C8H14N2/c1-2-3-10-6-7-4-8(10)5-9-7/h2,7-9H,1,3-6H2. The summed E-state index contributed by atoms with van der Waals surface area (Å²) in [6.07, 6.45) is 3.36. The van der Waals surface area contributed by atoms with Crippen molar-refractivity contribution in [3.63, 3.8) is 0 Å². The average molecular weight is 138 g/mol. The summed E-state index contributed by atoms with van der Waals surface area (Å²) in [5.74, 6) is 0. The van der Waals surface area contributed by atoms with E-state index in [1.165, 1.54) is 19.5 Å². The van der Waals surface area contributed by atoms with Crippen LogP contribution in [-0.2, 0) is 0 Å². The average Bonchev–Trinajstić information content (AvgIpc) is 2.48. The van der Waals surface area contributed by atoms with Crippen LogP contribution in [0.5, 0.6) is 0 Å². The van der Waals surface area contributed by atoms with E-state index in [1.54, 1.807) is 0 Å². The second-order valence-electron chi connectivity index (χ2n) is 3.24.